The summed E-state index contributed by atoms with van der Waals surface area (Å²) in [7, 11) is 0. The van der Waals surface area contributed by atoms with Crippen molar-refractivity contribution in [2.24, 2.45) is 10.2 Å². The van der Waals surface area contributed by atoms with Crippen LogP contribution in [0.25, 0.3) is 0 Å². The molecule has 16 nitrogen and oxygen atoms in total. The number of carbonyl (C=O) groups is 5. The molecule has 0 amide bonds. The van der Waals surface area contributed by atoms with Gasteiger partial charge < -0.3 is 38.0 Å². The molecule has 16 heteroatoms. The summed E-state index contributed by atoms with van der Waals surface area (Å²) in [5, 5.41) is 8.20. The van der Waals surface area contributed by atoms with Crippen molar-refractivity contribution >= 4 is 42.3 Å². The molecular weight excluding hydrogens is 877 g/mol. The van der Waals surface area contributed by atoms with Gasteiger partial charge in [0.1, 0.15) is 42.6 Å². The van der Waals surface area contributed by atoms with Crippen molar-refractivity contribution in [2.75, 3.05) is 39.6 Å². The molecule has 4 aromatic carbocycles. The topological polar surface area (TPSA) is 193 Å². The summed E-state index contributed by atoms with van der Waals surface area (Å²) in [6, 6.07) is 25.3. The summed E-state index contributed by atoms with van der Waals surface area (Å²) in [5.41, 5.74) is 2.34. The van der Waals surface area contributed by atoms with Crippen molar-refractivity contribution in [3.05, 3.63) is 157 Å². The molecular formula is C52H56N2O14. The van der Waals surface area contributed by atoms with Crippen LogP contribution in [0.3, 0.4) is 0 Å². The van der Waals surface area contributed by atoms with Crippen LogP contribution in [-0.4, -0.2) is 81.9 Å². The SMILES string of the molecule is C=CC(=O)OCCCCCCOc1ccc(COOc2ccc(/C=N/N=C/c3ccc(OC(=O)c4ccc(OCCCCCCOC(=O)C=C)cc4)cc3)cc2C(=O)OCCOC(=O)C=C)cc1. The first-order valence-corrected chi connectivity index (χ1v) is 22.0. The Morgan fingerprint density at radius 2 is 0.941 bits per heavy atom. The molecule has 0 unspecified atom stereocenters. The molecule has 0 heterocycles. The van der Waals surface area contributed by atoms with E-state index in [0.717, 1.165) is 75.2 Å². The second-order valence-electron chi connectivity index (χ2n) is 14.5. The van der Waals surface area contributed by atoms with E-state index in [-0.39, 0.29) is 31.1 Å². The largest absolute Gasteiger partial charge is 0.494 e. The molecule has 0 aromatic heterocycles. The van der Waals surface area contributed by atoms with Gasteiger partial charge in [0.05, 0.1) is 44.4 Å². The van der Waals surface area contributed by atoms with Gasteiger partial charge in [-0.25, -0.2) is 24.0 Å². The minimum Gasteiger partial charge on any atom is -0.494 e. The Bertz CT molecular complexity index is 2310. The maximum absolute atomic E-state index is 13.1. The second-order valence-corrected chi connectivity index (χ2v) is 14.5. The van der Waals surface area contributed by atoms with E-state index < -0.39 is 29.8 Å². The van der Waals surface area contributed by atoms with Crippen molar-refractivity contribution in [3.63, 3.8) is 0 Å². The van der Waals surface area contributed by atoms with E-state index >= 15 is 0 Å². The van der Waals surface area contributed by atoms with Crippen molar-refractivity contribution in [2.45, 2.75) is 58.0 Å². The molecule has 4 rings (SSSR count). The van der Waals surface area contributed by atoms with Crippen molar-refractivity contribution in [1.29, 1.82) is 0 Å². The zero-order valence-electron chi connectivity index (χ0n) is 37.9. The van der Waals surface area contributed by atoms with Crippen LogP contribution in [0.5, 0.6) is 23.0 Å². The summed E-state index contributed by atoms with van der Waals surface area (Å²) in [4.78, 5) is 70.5. The molecule has 4 aromatic rings. The minimum atomic E-state index is -0.761. The molecule has 0 spiro atoms. The quantitative estimate of drug-likeness (QED) is 0.00658. The highest BCUT2D eigenvalue weighted by atomic mass is 17.2. The fourth-order valence-corrected chi connectivity index (χ4v) is 5.75. The lowest BCUT2D eigenvalue weighted by Crippen LogP contribution is -2.14. The number of hydrogen-bond donors (Lipinski definition) is 0. The molecule has 358 valence electrons. The fourth-order valence-electron chi connectivity index (χ4n) is 5.75. The lowest BCUT2D eigenvalue weighted by molar-refractivity contribution is -0.217. The molecule has 0 fully saturated rings. The van der Waals surface area contributed by atoms with Crippen molar-refractivity contribution in [1.82, 2.24) is 0 Å². The normalized spacial score (nSPS) is 10.8. The van der Waals surface area contributed by atoms with E-state index in [9.17, 15) is 24.0 Å². The van der Waals surface area contributed by atoms with Crippen LogP contribution in [0.1, 0.15) is 88.8 Å². The Hall–Kier alpha value is -7.85. The van der Waals surface area contributed by atoms with Crippen LogP contribution in [0.15, 0.2) is 139 Å². The number of hydrogen-bond acceptors (Lipinski definition) is 16. The summed E-state index contributed by atoms with van der Waals surface area (Å²) in [6.45, 7) is 11.6. The van der Waals surface area contributed by atoms with Crippen molar-refractivity contribution in [3.8, 4) is 23.0 Å². The molecule has 0 saturated heterocycles. The molecule has 0 aliphatic carbocycles. The number of unbranched alkanes of at least 4 members (excludes halogenated alkanes) is 6. The summed E-state index contributed by atoms with van der Waals surface area (Å²) >= 11 is 0. The monoisotopic (exact) mass is 932 g/mol. The first-order valence-electron chi connectivity index (χ1n) is 22.0. The Labute approximate surface area is 395 Å². The van der Waals surface area contributed by atoms with Gasteiger partial charge in [0.15, 0.2) is 5.75 Å². The number of rotatable bonds is 32. The van der Waals surface area contributed by atoms with E-state index in [1.165, 1.54) is 24.6 Å². The third kappa shape index (κ3) is 21.0. The molecule has 0 aliphatic heterocycles. The zero-order valence-corrected chi connectivity index (χ0v) is 37.9. The van der Waals surface area contributed by atoms with Crippen molar-refractivity contribution < 1.29 is 66.9 Å². The second kappa shape index (κ2) is 31.1. The summed E-state index contributed by atoms with van der Waals surface area (Å²) < 4.78 is 37.3. The van der Waals surface area contributed by atoms with E-state index in [0.29, 0.717) is 60.4 Å². The lowest BCUT2D eigenvalue weighted by atomic mass is 10.1. The van der Waals surface area contributed by atoms with Gasteiger partial charge in [-0.15, -0.1) is 0 Å². The maximum atomic E-state index is 13.1. The average molecular weight is 933 g/mol. The highest BCUT2D eigenvalue weighted by molar-refractivity contribution is 5.95. The van der Waals surface area contributed by atoms with Gasteiger partial charge in [0.2, 0.25) is 0 Å². The van der Waals surface area contributed by atoms with Gasteiger partial charge in [-0.2, -0.15) is 15.1 Å². The fraction of sp³-hybridized carbons (Fsp3) is 0.288. The molecule has 0 atom stereocenters. The molecule has 0 aliphatic rings. The number of benzene rings is 4. The van der Waals surface area contributed by atoms with Crippen LogP contribution in [0.4, 0.5) is 0 Å². The van der Waals surface area contributed by atoms with Gasteiger partial charge in [-0.05, 0) is 147 Å². The van der Waals surface area contributed by atoms with Gasteiger partial charge in [0, 0.05) is 18.2 Å². The van der Waals surface area contributed by atoms with E-state index in [2.05, 4.69) is 29.9 Å². The van der Waals surface area contributed by atoms with Crippen LogP contribution in [0, 0.1) is 0 Å². The van der Waals surface area contributed by atoms with Crippen LogP contribution >= 0.6 is 0 Å². The number of esters is 5. The lowest BCUT2D eigenvalue weighted by Gasteiger charge is -2.11. The smallest absolute Gasteiger partial charge is 0.343 e. The van der Waals surface area contributed by atoms with E-state index in [4.69, 9.17) is 42.9 Å². The molecule has 0 N–H and O–H groups in total. The zero-order chi connectivity index (χ0) is 48.6. The molecule has 0 radical (unpaired) electrons. The Morgan fingerprint density at radius 1 is 0.471 bits per heavy atom. The third-order valence-electron chi connectivity index (χ3n) is 9.35. The summed E-state index contributed by atoms with van der Waals surface area (Å²) in [6.07, 6.45) is 13.2. The van der Waals surface area contributed by atoms with Gasteiger partial charge in [-0.3, -0.25) is 0 Å². The predicted octanol–water partition coefficient (Wildman–Crippen LogP) is 9.09. The van der Waals surface area contributed by atoms with Gasteiger partial charge in [-0.1, -0.05) is 31.9 Å². The molecule has 68 heavy (non-hydrogen) atoms. The molecule has 0 bridgehead atoms. The molecule has 0 saturated carbocycles. The van der Waals surface area contributed by atoms with Gasteiger partial charge >= 0.3 is 29.8 Å². The van der Waals surface area contributed by atoms with E-state index in [1.54, 1.807) is 54.6 Å². The summed E-state index contributed by atoms with van der Waals surface area (Å²) in [5.74, 6) is -1.02. The number of carbonyl (C=O) groups excluding carboxylic acids is 5. The van der Waals surface area contributed by atoms with Crippen LogP contribution in [0.2, 0.25) is 0 Å². The Morgan fingerprint density at radius 3 is 1.50 bits per heavy atom. The number of nitrogens with zero attached hydrogens (tertiary/aromatic N) is 2. The highest BCUT2D eigenvalue weighted by Crippen LogP contribution is 2.23. The first-order chi connectivity index (χ1) is 33.2. The Kier molecular flexibility index (Phi) is 24.2. The van der Waals surface area contributed by atoms with E-state index in [1.807, 2.05) is 24.3 Å². The first kappa shape index (κ1) is 52.8. The highest BCUT2D eigenvalue weighted by Gasteiger charge is 2.17. The van der Waals surface area contributed by atoms with Crippen LogP contribution in [-0.2, 0) is 44.8 Å². The average Bonchev–Trinajstić information content (AvgIpc) is 3.36. The third-order valence-corrected chi connectivity index (χ3v) is 9.35. The number of ether oxygens (including phenoxy) is 7. The Balaban J connectivity index is 1.23. The maximum Gasteiger partial charge on any atom is 0.343 e. The van der Waals surface area contributed by atoms with Crippen LogP contribution < -0.4 is 19.1 Å². The minimum absolute atomic E-state index is 0.0225. The predicted molar refractivity (Wildman–Crippen MR) is 253 cm³/mol. The standard InChI is InChI=1S/C52H56N2O14/c1-4-48(55)62-31-13-9-7-11-29-60-43-22-17-40(18-23-43)38-66-68-47-28-19-41(35-46(47)52(59)65-34-33-64-50(57)6-3)37-54-53-36-39-15-24-45(25-16-39)67-51(58)42-20-26-44(27-21-42)61-30-12-8-10-14-32-63-49(56)5-2/h4-6,15-28,35-37H,1-3,7-14,29-34,38H2/b53-36+,54-37+. The van der Waals surface area contributed by atoms with Gasteiger partial charge in [0.25, 0.3) is 0 Å².